The molecule has 2 aliphatic rings. The van der Waals surface area contributed by atoms with Gasteiger partial charge in [0.15, 0.2) is 0 Å². The van der Waals surface area contributed by atoms with E-state index in [-0.39, 0.29) is 0 Å². The molecule has 0 radical (unpaired) electrons. The normalized spacial score (nSPS) is 31.2. The molecule has 0 aromatic rings. The van der Waals surface area contributed by atoms with Crippen molar-refractivity contribution in [2.75, 3.05) is 18.1 Å². The third kappa shape index (κ3) is 1.19. The summed E-state index contributed by atoms with van der Waals surface area (Å²) in [6.07, 6.45) is 5.42. The van der Waals surface area contributed by atoms with E-state index in [2.05, 4.69) is 11.8 Å². The van der Waals surface area contributed by atoms with Crippen molar-refractivity contribution in [3.8, 4) is 0 Å². The fourth-order valence-corrected chi connectivity index (χ4v) is 3.01. The van der Waals surface area contributed by atoms with Crippen molar-refractivity contribution in [2.45, 2.75) is 31.3 Å². The van der Waals surface area contributed by atoms with Crippen LogP contribution in [0.2, 0.25) is 0 Å². The molecule has 0 amide bonds. The van der Waals surface area contributed by atoms with Crippen LogP contribution in [0.5, 0.6) is 0 Å². The van der Waals surface area contributed by atoms with Crippen LogP contribution in [-0.2, 0) is 4.74 Å². The van der Waals surface area contributed by atoms with Crippen LogP contribution in [0.25, 0.3) is 0 Å². The smallest absolute Gasteiger partial charge is 0.0772 e. The van der Waals surface area contributed by atoms with Crippen LogP contribution in [0.3, 0.4) is 0 Å². The molecule has 2 rings (SSSR count). The fraction of sp³-hybridized carbons (Fsp3) is 1.00. The summed E-state index contributed by atoms with van der Waals surface area (Å²) in [6.45, 7) is 0.991. The second-order valence-electron chi connectivity index (χ2n) is 3.29. The van der Waals surface area contributed by atoms with Crippen LogP contribution >= 0.6 is 11.8 Å². The summed E-state index contributed by atoms with van der Waals surface area (Å²) >= 11 is 2.07. The SMILES string of the molecule is C1CCC2(C1)CSCCO2. The van der Waals surface area contributed by atoms with Crippen molar-refractivity contribution in [2.24, 2.45) is 0 Å². The van der Waals surface area contributed by atoms with Gasteiger partial charge in [-0.05, 0) is 12.8 Å². The molecule has 58 valence electrons. The minimum absolute atomic E-state index is 0.336. The van der Waals surface area contributed by atoms with Crippen molar-refractivity contribution < 1.29 is 4.74 Å². The van der Waals surface area contributed by atoms with Crippen molar-refractivity contribution in [1.29, 1.82) is 0 Å². The number of thioether (sulfide) groups is 1. The topological polar surface area (TPSA) is 9.23 Å². The lowest BCUT2D eigenvalue weighted by molar-refractivity contribution is -0.0189. The van der Waals surface area contributed by atoms with E-state index >= 15 is 0 Å². The highest BCUT2D eigenvalue weighted by Crippen LogP contribution is 2.38. The minimum atomic E-state index is 0.336. The molecule has 0 unspecified atom stereocenters. The average Bonchev–Trinajstić information content (AvgIpc) is 2.39. The molecule has 2 fully saturated rings. The van der Waals surface area contributed by atoms with Gasteiger partial charge in [0.25, 0.3) is 0 Å². The van der Waals surface area contributed by atoms with Crippen LogP contribution in [-0.4, -0.2) is 23.7 Å². The van der Waals surface area contributed by atoms with E-state index in [1.54, 1.807) is 0 Å². The minimum Gasteiger partial charge on any atom is -0.373 e. The Morgan fingerprint density at radius 2 is 2.00 bits per heavy atom. The van der Waals surface area contributed by atoms with Gasteiger partial charge in [0.2, 0.25) is 0 Å². The first-order valence-electron chi connectivity index (χ1n) is 4.13. The lowest BCUT2D eigenvalue weighted by atomic mass is 10.1. The lowest BCUT2D eigenvalue weighted by Crippen LogP contribution is -2.36. The third-order valence-corrected chi connectivity index (χ3v) is 3.70. The van der Waals surface area contributed by atoms with E-state index in [0.29, 0.717) is 5.60 Å². The van der Waals surface area contributed by atoms with E-state index in [9.17, 15) is 0 Å². The molecular weight excluding hydrogens is 144 g/mol. The first kappa shape index (κ1) is 6.99. The summed E-state index contributed by atoms with van der Waals surface area (Å²) in [5.74, 6) is 2.47. The van der Waals surface area contributed by atoms with Gasteiger partial charge in [0.1, 0.15) is 0 Å². The van der Waals surface area contributed by atoms with E-state index in [1.807, 2.05) is 0 Å². The van der Waals surface area contributed by atoms with Crippen LogP contribution in [0, 0.1) is 0 Å². The maximum absolute atomic E-state index is 5.81. The van der Waals surface area contributed by atoms with Gasteiger partial charge in [0.05, 0.1) is 12.2 Å². The van der Waals surface area contributed by atoms with E-state index in [1.165, 1.54) is 37.2 Å². The fourth-order valence-electron chi connectivity index (χ4n) is 1.92. The molecule has 10 heavy (non-hydrogen) atoms. The second-order valence-corrected chi connectivity index (χ2v) is 4.40. The first-order chi connectivity index (χ1) is 4.91. The van der Waals surface area contributed by atoms with Gasteiger partial charge < -0.3 is 4.74 Å². The highest BCUT2D eigenvalue weighted by Gasteiger charge is 2.36. The molecule has 1 saturated heterocycles. The number of hydrogen-bond acceptors (Lipinski definition) is 2. The predicted molar refractivity (Wildman–Crippen MR) is 44.5 cm³/mol. The van der Waals surface area contributed by atoms with Crippen LogP contribution in [0.4, 0.5) is 0 Å². The molecule has 0 aromatic heterocycles. The van der Waals surface area contributed by atoms with E-state index in [0.717, 1.165) is 6.61 Å². The molecule has 0 N–H and O–H groups in total. The molecule has 1 spiro atoms. The van der Waals surface area contributed by atoms with Gasteiger partial charge in [-0.3, -0.25) is 0 Å². The Morgan fingerprint density at radius 1 is 1.20 bits per heavy atom. The summed E-state index contributed by atoms with van der Waals surface area (Å²) < 4.78 is 5.81. The first-order valence-corrected chi connectivity index (χ1v) is 5.29. The van der Waals surface area contributed by atoms with Gasteiger partial charge in [-0.15, -0.1) is 0 Å². The molecule has 0 aromatic carbocycles. The Kier molecular flexibility index (Phi) is 1.92. The molecule has 0 atom stereocenters. The Hall–Kier alpha value is 0.310. The average molecular weight is 158 g/mol. The Balaban J connectivity index is 1.98. The van der Waals surface area contributed by atoms with Crippen LogP contribution in [0.1, 0.15) is 25.7 Å². The monoisotopic (exact) mass is 158 g/mol. The van der Waals surface area contributed by atoms with E-state index < -0.39 is 0 Å². The van der Waals surface area contributed by atoms with E-state index in [4.69, 9.17) is 4.74 Å². The van der Waals surface area contributed by atoms with Gasteiger partial charge >= 0.3 is 0 Å². The zero-order chi connectivity index (χ0) is 6.86. The maximum atomic E-state index is 5.81. The van der Waals surface area contributed by atoms with Crippen molar-refractivity contribution >= 4 is 11.8 Å². The van der Waals surface area contributed by atoms with Gasteiger partial charge in [0, 0.05) is 11.5 Å². The number of ether oxygens (including phenoxy) is 1. The largest absolute Gasteiger partial charge is 0.373 e. The zero-order valence-corrected chi connectivity index (χ0v) is 7.08. The summed E-state index contributed by atoms with van der Waals surface area (Å²) in [5, 5.41) is 0. The highest BCUT2D eigenvalue weighted by atomic mass is 32.2. The predicted octanol–water partition coefficient (Wildman–Crippen LogP) is 2.06. The number of rotatable bonds is 0. The quantitative estimate of drug-likeness (QED) is 0.533. The highest BCUT2D eigenvalue weighted by molar-refractivity contribution is 7.99. The summed E-state index contributed by atoms with van der Waals surface area (Å²) in [5.41, 5.74) is 0.336. The molecule has 0 bridgehead atoms. The third-order valence-electron chi connectivity index (χ3n) is 2.52. The van der Waals surface area contributed by atoms with Crippen molar-refractivity contribution in [1.82, 2.24) is 0 Å². The van der Waals surface area contributed by atoms with Crippen molar-refractivity contribution in [3.05, 3.63) is 0 Å². The van der Waals surface area contributed by atoms with Crippen molar-refractivity contribution in [3.63, 3.8) is 0 Å². The number of hydrogen-bond donors (Lipinski definition) is 0. The lowest BCUT2D eigenvalue weighted by Gasteiger charge is -2.32. The van der Waals surface area contributed by atoms with Crippen LogP contribution < -0.4 is 0 Å². The molecule has 1 nitrogen and oxygen atoms in total. The van der Waals surface area contributed by atoms with Crippen LogP contribution in [0.15, 0.2) is 0 Å². The standard InChI is InChI=1S/C8H14OS/c1-2-4-8(3-1)7-10-6-5-9-8/h1-7H2. The Morgan fingerprint density at radius 3 is 2.60 bits per heavy atom. The maximum Gasteiger partial charge on any atom is 0.0772 e. The summed E-state index contributed by atoms with van der Waals surface area (Å²) in [4.78, 5) is 0. The summed E-state index contributed by atoms with van der Waals surface area (Å²) in [6, 6.07) is 0. The summed E-state index contributed by atoms with van der Waals surface area (Å²) in [7, 11) is 0. The van der Waals surface area contributed by atoms with Gasteiger partial charge in [-0.25, -0.2) is 0 Å². The second kappa shape index (κ2) is 2.74. The van der Waals surface area contributed by atoms with Gasteiger partial charge in [-0.2, -0.15) is 11.8 Å². The molecule has 2 heteroatoms. The molecular formula is C8H14OS. The Bertz CT molecular complexity index is 110. The molecule has 1 aliphatic heterocycles. The molecule has 1 saturated carbocycles. The Labute approximate surface area is 66.5 Å². The van der Waals surface area contributed by atoms with Gasteiger partial charge in [-0.1, -0.05) is 12.8 Å². The zero-order valence-electron chi connectivity index (χ0n) is 6.27. The molecule has 1 heterocycles. The molecule has 1 aliphatic carbocycles.